The predicted octanol–water partition coefficient (Wildman–Crippen LogP) is 2.09. The van der Waals surface area contributed by atoms with Gasteiger partial charge in [-0.2, -0.15) is 0 Å². The van der Waals surface area contributed by atoms with E-state index in [2.05, 4.69) is 16.0 Å². The Labute approximate surface area is 128 Å². The van der Waals surface area contributed by atoms with Gasteiger partial charge in [0.05, 0.1) is 11.4 Å². The third kappa shape index (κ3) is 4.70. The number of nitrogens with one attached hydrogen (secondary N) is 3. The lowest BCUT2D eigenvalue weighted by atomic mass is 10.2. The van der Waals surface area contributed by atoms with Gasteiger partial charge in [0.25, 0.3) is 0 Å². The van der Waals surface area contributed by atoms with E-state index in [4.69, 9.17) is 0 Å². The van der Waals surface area contributed by atoms with Crippen molar-refractivity contribution in [1.29, 1.82) is 0 Å². The molecule has 2 rings (SSSR count). The minimum Gasteiger partial charge on any atom is -0.326 e. The molecule has 1 aliphatic heterocycles. The van der Waals surface area contributed by atoms with Crippen LogP contribution in [0.1, 0.15) is 12.8 Å². The van der Waals surface area contributed by atoms with E-state index >= 15 is 0 Å². The van der Waals surface area contributed by atoms with E-state index in [0.29, 0.717) is 12.2 Å². The smallest absolute Gasteiger partial charge is 0.234 e. The average molecular weight is 316 g/mol. The normalized spacial score (nSPS) is 12.9. The average Bonchev–Trinajstić information content (AvgIpc) is 2.38. The molecule has 2 amide bonds. The van der Waals surface area contributed by atoms with Crippen molar-refractivity contribution >= 4 is 47.4 Å². The fourth-order valence-electron chi connectivity index (χ4n) is 1.81. The number of fused-ring (bicyclic) bond motifs is 1. The summed E-state index contributed by atoms with van der Waals surface area (Å²) >= 11 is 1.51. The number of halogens is 1. The van der Waals surface area contributed by atoms with Gasteiger partial charge in [0, 0.05) is 17.0 Å². The summed E-state index contributed by atoms with van der Waals surface area (Å²) in [5.41, 5.74) is 1.49. The number of anilines is 2. The van der Waals surface area contributed by atoms with Gasteiger partial charge in [-0.25, -0.2) is 0 Å². The second kappa shape index (κ2) is 8.14. The van der Waals surface area contributed by atoms with Crippen LogP contribution in [-0.4, -0.2) is 31.2 Å². The Hall–Kier alpha value is -1.24. The van der Waals surface area contributed by atoms with Gasteiger partial charge in [0.1, 0.15) is 0 Å². The molecule has 110 valence electrons. The van der Waals surface area contributed by atoms with Crippen LogP contribution in [-0.2, 0) is 9.59 Å². The Balaban J connectivity index is 0.00000200. The maximum absolute atomic E-state index is 11.7. The number of thioether (sulfide) groups is 1. The summed E-state index contributed by atoms with van der Waals surface area (Å²) in [5, 5.41) is 8.65. The summed E-state index contributed by atoms with van der Waals surface area (Å²) in [6.07, 6.45) is 1.29. The summed E-state index contributed by atoms with van der Waals surface area (Å²) < 4.78 is 0. The molecule has 0 saturated carbocycles. The molecule has 0 spiro atoms. The predicted molar refractivity (Wildman–Crippen MR) is 84.8 cm³/mol. The Kier molecular flexibility index (Phi) is 6.84. The SMILES string of the molecule is CNCCCC(=O)Nc1ccc2c(c1)NC(=O)CS2.Cl. The molecule has 3 N–H and O–H groups in total. The molecule has 0 aliphatic carbocycles. The molecule has 5 nitrogen and oxygen atoms in total. The van der Waals surface area contributed by atoms with Crippen molar-refractivity contribution in [2.24, 2.45) is 0 Å². The van der Waals surface area contributed by atoms with E-state index in [-0.39, 0.29) is 24.2 Å². The van der Waals surface area contributed by atoms with Gasteiger partial charge in [0.15, 0.2) is 0 Å². The molecule has 0 atom stereocenters. The zero-order chi connectivity index (χ0) is 13.7. The molecule has 0 bridgehead atoms. The van der Waals surface area contributed by atoms with Crippen LogP contribution in [0.15, 0.2) is 23.1 Å². The summed E-state index contributed by atoms with van der Waals surface area (Å²) in [6, 6.07) is 5.58. The lowest BCUT2D eigenvalue weighted by Crippen LogP contribution is -2.19. The number of amides is 2. The highest BCUT2D eigenvalue weighted by molar-refractivity contribution is 8.00. The number of hydrogen-bond donors (Lipinski definition) is 3. The fourth-order valence-corrected chi connectivity index (χ4v) is 2.60. The van der Waals surface area contributed by atoms with E-state index in [0.717, 1.165) is 29.2 Å². The van der Waals surface area contributed by atoms with Crippen molar-refractivity contribution in [3.8, 4) is 0 Å². The molecular weight excluding hydrogens is 298 g/mol. The van der Waals surface area contributed by atoms with Crippen LogP contribution in [0.2, 0.25) is 0 Å². The number of benzene rings is 1. The minimum atomic E-state index is -0.00927. The van der Waals surface area contributed by atoms with Crippen LogP contribution >= 0.6 is 24.2 Å². The first-order valence-electron chi connectivity index (χ1n) is 6.20. The van der Waals surface area contributed by atoms with Crippen LogP contribution in [0.5, 0.6) is 0 Å². The first-order valence-corrected chi connectivity index (χ1v) is 7.19. The van der Waals surface area contributed by atoms with Gasteiger partial charge in [-0.1, -0.05) is 0 Å². The molecule has 7 heteroatoms. The summed E-state index contributed by atoms with van der Waals surface area (Å²) in [4.78, 5) is 24.0. The zero-order valence-corrected chi connectivity index (χ0v) is 12.8. The number of rotatable bonds is 5. The monoisotopic (exact) mass is 315 g/mol. The van der Waals surface area contributed by atoms with Crippen molar-refractivity contribution in [3.05, 3.63) is 18.2 Å². The summed E-state index contributed by atoms with van der Waals surface area (Å²) in [5.74, 6) is 0.433. The Morgan fingerprint density at radius 1 is 1.45 bits per heavy atom. The highest BCUT2D eigenvalue weighted by Crippen LogP contribution is 2.33. The molecule has 0 radical (unpaired) electrons. The van der Waals surface area contributed by atoms with Gasteiger partial charge in [0.2, 0.25) is 11.8 Å². The van der Waals surface area contributed by atoms with E-state index in [1.165, 1.54) is 11.8 Å². The first-order chi connectivity index (χ1) is 9.19. The molecule has 1 aromatic rings. The molecule has 20 heavy (non-hydrogen) atoms. The molecule has 1 aromatic carbocycles. The van der Waals surface area contributed by atoms with E-state index in [1.54, 1.807) is 6.07 Å². The Morgan fingerprint density at radius 2 is 2.25 bits per heavy atom. The molecule has 0 unspecified atom stereocenters. The van der Waals surface area contributed by atoms with Crippen LogP contribution < -0.4 is 16.0 Å². The highest BCUT2D eigenvalue weighted by Gasteiger charge is 2.15. The van der Waals surface area contributed by atoms with E-state index < -0.39 is 0 Å². The van der Waals surface area contributed by atoms with Crippen molar-refractivity contribution in [1.82, 2.24) is 5.32 Å². The molecule has 1 heterocycles. The number of carbonyl (C=O) groups is 2. The van der Waals surface area contributed by atoms with E-state index in [1.807, 2.05) is 19.2 Å². The molecule has 1 aliphatic rings. The van der Waals surface area contributed by atoms with Crippen LogP contribution in [0.4, 0.5) is 11.4 Å². The Bertz CT molecular complexity index is 497. The molecule has 0 aromatic heterocycles. The van der Waals surface area contributed by atoms with E-state index in [9.17, 15) is 9.59 Å². The van der Waals surface area contributed by atoms with Crippen molar-refractivity contribution < 1.29 is 9.59 Å². The quantitative estimate of drug-likeness (QED) is 0.728. The second-order valence-corrected chi connectivity index (χ2v) is 5.32. The maximum atomic E-state index is 11.7. The standard InChI is InChI=1S/C13H17N3O2S.ClH/c1-14-6-2-3-12(17)15-9-4-5-11-10(7-9)16-13(18)8-19-11;/h4-5,7,14H,2-3,6,8H2,1H3,(H,15,17)(H,16,18);1H. The number of hydrogen-bond acceptors (Lipinski definition) is 4. The molecule has 0 fully saturated rings. The Morgan fingerprint density at radius 3 is 3.00 bits per heavy atom. The van der Waals surface area contributed by atoms with Gasteiger partial charge < -0.3 is 16.0 Å². The molecule has 0 saturated heterocycles. The third-order valence-electron chi connectivity index (χ3n) is 2.73. The van der Waals surface area contributed by atoms with Crippen molar-refractivity contribution in [3.63, 3.8) is 0 Å². The van der Waals surface area contributed by atoms with Gasteiger partial charge >= 0.3 is 0 Å². The van der Waals surface area contributed by atoms with Crippen molar-refractivity contribution in [2.75, 3.05) is 30.0 Å². The second-order valence-electron chi connectivity index (χ2n) is 4.30. The van der Waals surface area contributed by atoms with Gasteiger partial charge in [-0.15, -0.1) is 24.2 Å². The largest absolute Gasteiger partial charge is 0.326 e. The van der Waals surface area contributed by atoms with Crippen LogP contribution in [0.3, 0.4) is 0 Å². The van der Waals surface area contributed by atoms with Gasteiger partial charge in [-0.3, -0.25) is 9.59 Å². The van der Waals surface area contributed by atoms with Crippen LogP contribution in [0, 0.1) is 0 Å². The third-order valence-corrected chi connectivity index (χ3v) is 3.80. The fraction of sp³-hybridized carbons (Fsp3) is 0.385. The first kappa shape index (κ1) is 16.8. The lowest BCUT2D eigenvalue weighted by Gasteiger charge is -2.17. The topological polar surface area (TPSA) is 70.2 Å². The lowest BCUT2D eigenvalue weighted by molar-refractivity contribution is -0.116. The van der Waals surface area contributed by atoms with Gasteiger partial charge in [-0.05, 0) is 38.2 Å². The van der Waals surface area contributed by atoms with Crippen LogP contribution in [0.25, 0.3) is 0 Å². The summed E-state index contributed by atoms with van der Waals surface area (Å²) in [6.45, 7) is 0.824. The summed E-state index contributed by atoms with van der Waals surface area (Å²) in [7, 11) is 1.86. The highest BCUT2D eigenvalue weighted by atomic mass is 35.5. The van der Waals surface area contributed by atoms with Crippen molar-refractivity contribution in [2.45, 2.75) is 17.7 Å². The number of carbonyl (C=O) groups excluding carboxylic acids is 2. The minimum absolute atomic E-state index is 0. The maximum Gasteiger partial charge on any atom is 0.234 e. The zero-order valence-electron chi connectivity index (χ0n) is 11.2. The molecular formula is C13H18ClN3O2S.